The Hall–Kier alpha value is -3.91. The molecule has 0 spiro atoms. The molecule has 0 atom stereocenters. The number of anilines is 3. The Kier molecular flexibility index (Phi) is 5.90. The summed E-state index contributed by atoms with van der Waals surface area (Å²) in [5.74, 6) is -0.458. The van der Waals surface area contributed by atoms with Crippen LogP contribution in [0.4, 0.5) is 17.1 Å². The monoisotopic (exact) mass is 455 g/mol. The zero-order valence-corrected chi connectivity index (χ0v) is 19.5. The molecule has 0 saturated carbocycles. The summed E-state index contributed by atoms with van der Waals surface area (Å²) >= 11 is 0. The third-order valence-electron chi connectivity index (χ3n) is 6.42. The fourth-order valence-corrected chi connectivity index (χ4v) is 4.46. The van der Waals surface area contributed by atoms with Crippen molar-refractivity contribution in [2.24, 2.45) is 5.73 Å². The number of nitrogens with one attached hydrogen (secondary N) is 1. The lowest BCUT2D eigenvalue weighted by atomic mass is 10.1. The van der Waals surface area contributed by atoms with Crippen LogP contribution >= 0.6 is 0 Å². The largest absolute Gasteiger partial charge is 0.369 e. The number of carbonyl (C=O) groups is 1. The first-order valence-corrected chi connectivity index (χ1v) is 11.6. The molecule has 1 fully saturated rings. The van der Waals surface area contributed by atoms with Crippen LogP contribution in [-0.4, -0.2) is 57.6 Å². The van der Waals surface area contributed by atoms with Crippen molar-refractivity contribution in [2.75, 3.05) is 36.4 Å². The van der Waals surface area contributed by atoms with Gasteiger partial charge in [0.25, 0.3) is 0 Å². The Bertz CT molecular complexity index is 1300. The maximum atomic E-state index is 11.6. The zero-order chi connectivity index (χ0) is 23.7. The van der Waals surface area contributed by atoms with Crippen molar-refractivity contribution in [3.8, 4) is 11.3 Å². The average Bonchev–Trinajstić information content (AvgIpc) is 3.35. The Morgan fingerprint density at radius 3 is 2.47 bits per heavy atom. The van der Waals surface area contributed by atoms with Crippen molar-refractivity contribution in [3.05, 3.63) is 72.6 Å². The summed E-state index contributed by atoms with van der Waals surface area (Å²) in [6.45, 7) is 8.79. The quantitative estimate of drug-likeness (QED) is 0.460. The topological polar surface area (TPSA) is 91.8 Å². The number of nitrogens with zero attached hydrogens (tertiary/aromatic N) is 5. The van der Waals surface area contributed by atoms with Crippen molar-refractivity contribution >= 4 is 28.6 Å². The maximum Gasteiger partial charge on any atom is 0.248 e. The van der Waals surface area contributed by atoms with Gasteiger partial charge < -0.3 is 16.0 Å². The summed E-state index contributed by atoms with van der Waals surface area (Å²) in [4.78, 5) is 21.0. The third kappa shape index (κ3) is 4.32. The van der Waals surface area contributed by atoms with E-state index in [4.69, 9.17) is 5.73 Å². The van der Waals surface area contributed by atoms with Gasteiger partial charge in [-0.15, -0.1) is 0 Å². The number of rotatable bonds is 6. The van der Waals surface area contributed by atoms with Crippen molar-refractivity contribution < 1.29 is 4.79 Å². The molecular weight excluding hydrogens is 426 g/mol. The summed E-state index contributed by atoms with van der Waals surface area (Å²) < 4.78 is 1.77. The maximum absolute atomic E-state index is 11.6. The van der Waals surface area contributed by atoms with Crippen molar-refractivity contribution in [1.82, 2.24) is 19.5 Å². The van der Waals surface area contributed by atoms with E-state index in [9.17, 15) is 4.79 Å². The fourth-order valence-electron chi connectivity index (χ4n) is 4.46. The normalized spacial score (nSPS) is 14.6. The summed E-state index contributed by atoms with van der Waals surface area (Å²) in [5.41, 5.74) is 11.4. The number of amides is 1. The molecular formula is C26H29N7O. The SMILES string of the molecule is CC(C)N1CCN(c2ccc(Nc3ccc(-c4cccc(C(N)=O)c4)n4ncnc34)cc2)CC1. The van der Waals surface area contributed by atoms with E-state index in [1.807, 2.05) is 24.3 Å². The fraction of sp³-hybridized carbons (Fsp3) is 0.269. The van der Waals surface area contributed by atoms with E-state index in [2.05, 4.69) is 63.3 Å². The van der Waals surface area contributed by atoms with Crippen LogP contribution in [0.3, 0.4) is 0 Å². The molecule has 3 N–H and O–H groups in total. The summed E-state index contributed by atoms with van der Waals surface area (Å²) in [6.07, 6.45) is 1.53. The van der Waals surface area contributed by atoms with Crippen LogP contribution in [0.25, 0.3) is 16.9 Å². The first-order chi connectivity index (χ1) is 16.5. The standard InChI is InChI=1S/C26H29N7O/c1-18(2)31-12-14-32(15-13-31)22-8-6-21(7-9-22)30-23-10-11-24(33-26(23)28-17-29-33)19-4-3-5-20(16-19)25(27)34/h3-11,16-18,30H,12-15H2,1-2H3,(H2,27,34). The Labute approximate surface area is 199 Å². The smallest absolute Gasteiger partial charge is 0.248 e. The first-order valence-electron chi connectivity index (χ1n) is 11.6. The molecule has 0 unspecified atom stereocenters. The van der Waals surface area contributed by atoms with E-state index >= 15 is 0 Å². The van der Waals surface area contributed by atoms with Crippen LogP contribution in [0.15, 0.2) is 67.0 Å². The lowest BCUT2D eigenvalue weighted by Crippen LogP contribution is -2.48. The molecule has 4 aromatic rings. The predicted octanol–water partition coefficient (Wildman–Crippen LogP) is 3.77. The number of hydrogen-bond donors (Lipinski definition) is 2. The van der Waals surface area contributed by atoms with E-state index in [1.165, 1.54) is 12.0 Å². The second-order valence-corrected chi connectivity index (χ2v) is 8.86. The van der Waals surface area contributed by atoms with Gasteiger partial charge in [0.15, 0.2) is 5.65 Å². The van der Waals surface area contributed by atoms with Crippen LogP contribution in [0.2, 0.25) is 0 Å². The highest BCUT2D eigenvalue weighted by atomic mass is 16.1. The van der Waals surface area contributed by atoms with Crippen LogP contribution in [0.5, 0.6) is 0 Å². The number of pyridine rings is 1. The van der Waals surface area contributed by atoms with Gasteiger partial charge in [0.05, 0.1) is 11.4 Å². The molecule has 0 radical (unpaired) electrons. The number of hydrogen-bond acceptors (Lipinski definition) is 6. The zero-order valence-electron chi connectivity index (χ0n) is 19.5. The van der Waals surface area contributed by atoms with Crippen LogP contribution in [0.1, 0.15) is 24.2 Å². The van der Waals surface area contributed by atoms with Crippen LogP contribution in [-0.2, 0) is 0 Å². The van der Waals surface area contributed by atoms with Gasteiger partial charge >= 0.3 is 0 Å². The highest BCUT2D eigenvalue weighted by Gasteiger charge is 2.19. The number of fused-ring (bicyclic) bond motifs is 1. The summed E-state index contributed by atoms with van der Waals surface area (Å²) in [7, 11) is 0. The van der Waals surface area contributed by atoms with Crippen LogP contribution < -0.4 is 16.0 Å². The van der Waals surface area contributed by atoms with Gasteiger partial charge in [0.2, 0.25) is 5.91 Å². The molecule has 2 aromatic carbocycles. The van der Waals surface area contributed by atoms with E-state index < -0.39 is 5.91 Å². The Morgan fingerprint density at radius 1 is 1.00 bits per heavy atom. The molecule has 0 bridgehead atoms. The molecule has 1 saturated heterocycles. The Balaban J connectivity index is 1.35. The minimum atomic E-state index is -0.458. The number of piperazine rings is 1. The number of primary amides is 1. The van der Waals surface area contributed by atoms with Gasteiger partial charge in [-0.1, -0.05) is 12.1 Å². The van der Waals surface area contributed by atoms with E-state index in [0.717, 1.165) is 48.8 Å². The van der Waals surface area contributed by atoms with E-state index in [1.54, 1.807) is 16.6 Å². The molecule has 174 valence electrons. The lowest BCUT2D eigenvalue weighted by Gasteiger charge is -2.38. The molecule has 3 heterocycles. The minimum Gasteiger partial charge on any atom is -0.369 e. The van der Waals surface area contributed by atoms with Crippen molar-refractivity contribution in [1.29, 1.82) is 0 Å². The van der Waals surface area contributed by atoms with Gasteiger partial charge in [-0.25, -0.2) is 9.50 Å². The van der Waals surface area contributed by atoms with Gasteiger partial charge in [-0.05, 0) is 62.4 Å². The minimum absolute atomic E-state index is 0.457. The molecule has 2 aromatic heterocycles. The lowest BCUT2D eigenvalue weighted by molar-refractivity contribution is 0.100. The molecule has 1 aliphatic rings. The second-order valence-electron chi connectivity index (χ2n) is 8.86. The molecule has 1 aliphatic heterocycles. The molecule has 34 heavy (non-hydrogen) atoms. The third-order valence-corrected chi connectivity index (χ3v) is 6.42. The van der Waals surface area contributed by atoms with E-state index in [-0.39, 0.29) is 0 Å². The second kappa shape index (κ2) is 9.15. The molecule has 1 amide bonds. The van der Waals surface area contributed by atoms with Crippen molar-refractivity contribution in [2.45, 2.75) is 19.9 Å². The Morgan fingerprint density at radius 2 is 1.76 bits per heavy atom. The van der Waals surface area contributed by atoms with Gasteiger partial charge in [0.1, 0.15) is 6.33 Å². The number of carbonyl (C=O) groups excluding carboxylic acids is 1. The highest BCUT2D eigenvalue weighted by Crippen LogP contribution is 2.28. The molecule has 8 nitrogen and oxygen atoms in total. The highest BCUT2D eigenvalue weighted by molar-refractivity contribution is 5.94. The number of aromatic nitrogens is 3. The van der Waals surface area contributed by atoms with Gasteiger partial charge in [0, 0.05) is 54.7 Å². The van der Waals surface area contributed by atoms with Crippen LogP contribution in [0, 0.1) is 0 Å². The molecule has 8 heteroatoms. The van der Waals surface area contributed by atoms with E-state index in [0.29, 0.717) is 17.3 Å². The van der Waals surface area contributed by atoms with Gasteiger partial charge in [-0.3, -0.25) is 9.69 Å². The number of benzene rings is 2. The average molecular weight is 456 g/mol. The van der Waals surface area contributed by atoms with Crippen molar-refractivity contribution in [3.63, 3.8) is 0 Å². The summed E-state index contributed by atoms with van der Waals surface area (Å²) in [5, 5.41) is 7.87. The molecule has 5 rings (SSSR count). The summed E-state index contributed by atoms with van der Waals surface area (Å²) in [6, 6.07) is 20.3. The predicted molar refractivity (Wildman–Crippen MR) is 136 cm³/mol. The van der Waals surface area contributed by atoms with Gasteiger partial charge in [-0.2, -0.15) is 5.10 Å². The molecule has 0 aliphatic carbocycles. The first kappa shape index (κ1) is 21.9. The number of nitrogens with two attached hydrogens (primary N) is 1.